The van der Waals surface area contributed by atoms with Crippen molar-refractivity contribution in [2.45, 2.75) is 44.9 Å². The summed E-state index contributed by atoms with van der Waals surface area (Å²) in [5.41, 5.74) is 1.18. The van der Waals surface area contributed by atoms with Crippen molar-refractivity contribution in [3.8, 4) is 11.5 Å². The lowest BCUT2D eigenvalue weighted by atomic mass is 10.0. The van der Waals surface area contributed by atoms with E-state index >= 15 is 0 Å². The van der Waals surface area contributed by atoms with Gasteiger partial charge >= 0.3 is 0 Å². The average molecular weight is 315 g/mol. The van der Waals surface area contributed by atoms with Crippen LogP contribution in [0.1, 0.15) is 44.1 Å². The average Bonchev–Trinajstić information content (AvgIpc) is 2.46. The zero-order valence-corrected chi connectivity index (χ0v) is 13.3. The van der Waals surface area contributed by atoms with E-state index in [-0.39, 0.29) is 5.75 Å². The number of unbranched alkanes of at least 4 members (excludes halogenated alkanes) is 5. The fraction of sp³-hybridized carbons (Fsp3) is 0.600. The second-order valence-corrected chi connectivity index (χ2v) is 5.81. The zero-order valence-electron chi connectivity index (χ0n) is 12.5. The summed E-state index contributed by atoms with van der Waals surface area (Å²) in [6, 6.07) is 5.49. The number of phenols is 1. The molecule has 1 rings (SSSR count). The molecule has 1 aromatic carbocycles. The molecule has 0 heterocycles. The highest BCUT2D eigenvalue weighted by molar-refractivity contribution is 7.77. The molecule has 0 radical (unpaired) electrons. The molecule has 120 valence electrons. The van der Waals surface area contributed by atoms with E-state index in [4.69, 9.17) is 9.29 Å². The SMILES string of the molecule is COc1cc(CCCCCCCCNS(=O)O)ccc1O. The minimum Gasteiger partial charge on any atom is -0.504 e. The van der Waals surface area contributed by atoms with Gasteiger partial charge in [-0.2, -0.15) is 0 Å². The Labute approximate surface area is 129 Å². The summed E-state index contributed by atoms with van der Waals surface area (Å²) >= 11 is -1.88. The first kappa shape index (κ1) is 17.9. The van der Waals surface area contributed by atoms with Crippen LogP contribution in [-0.2, 0) is 17.7 Å². The number of hydrogen-bond acceptors (Lipinski definition) is 3. The van der Waals surface area contributed by atoms with Gasteiger partial charge in [-0.25, -0.2) is 8.93 Å². The van der Waals surface area contributed by atoms with E-state index in [1.54, 1.807) is 13.2 Å². The van der Waals surface area contributed by atoms with Gasteiger partial charge in [0.25, 0.3) is 0 Å². The van der Waals surface area contributed by atoms with E-state index in [1.165, 1.54) is 18.4 Å². The monoisotopic (exact) mass is 315 g/mol. The Hall–Kier alpha value is -1.11. The zero-order chi connectivity index (χ0) is 15.5. The summed E-state index contributed by atoms with van der Waals surface area (Å²) < 4.78 is 26.4. The molecule has 21 heavy (non-hydrogen) atoms. The molecular weight excluding hydrogens is 290 g/mol. The summed E-state index contributed by atoms with van der Waals surface area (Å²) in [7, 11) is 1.56. The number of rotatable bonds is 11. The Morgan fingerprint density at radius 3 is 2.48 bits per heavy atom. The van der Waals surface area contributed by atoms with Gasteiger partial charge in [0.15, 0.2) is 11.5 Å². The molecule has 0 saturated heterocycles. The van der Waals surface area contributed by atoms with Crippen LogP contribution in [0.2, 0.25) is 0 Å². The quantitative estimate of drug-likeness (QED) is 0.433. The number of methoxy groups -OCH3 is 1. The molecule has 0 amide bonds. The lowest BCUT2D eigenvalue weighted by Gasteiger charge is -2.07. The van der Waals surface area contributed by atoms with E-state index in [9.17, 15) is 9.32 Å². The van der Waals surface area contributed by atoms with Crippen LogP contribution >= 0.6 is 0 Å². The van der Waals surface area contributed by atoms with Crippen LogP contribution in [0, 0.1) is 0 Å². The second-order valence-electron chi connectivity index (χ2n) is 5.02. The van der Waals surface area contributed by atoms with Gasteiger partial charge in [-0.05, 0) is 37.0 Å². The van der Waals surface area contributed by atoms with Crippen molar-refractivity contribution in [2.75, 3.05) is 13.7 Å². The number of aromatic hydroxyl groups is 1. The number of hydrogen-bond donors (Lipinski definition) is 3. The third kappa shape index (κ3) is 8.04. The number of benzene rings is 1. The topological polar surface area (TPSA) is 78.8 Å². The van der Waals surface area contributed by atoms with Gasteiger partial charge < -0.3 is 9.84 Å². The molecule has 0 spiro atoms. The highest BCUT2D eigenvalue weighted by atomic mass is 32.2. The summed E-state index contributed by atoms with van der Waals surface area (Å²) in [4.78, 5) is 0. The minimum absolute atomic E-state index is 0.179. The van der Waals surface area contributed by atoms with Crippen LogP contribution in [-0.4, -0.2) is 27.5 Å². The Balaban J connectivity index is 2.05. The van der Waals surface area contributed by atoms with E-state index in [0.29, 0.717) is 12.3 Å². The van der Waals surface area contributed by atoms with Gasteiger partial charge in [0, 0.05) is 6.54 Å². The molecule has 1 atom stereocenters. The molecule has 0 aliphatic heterocycles. The van der Waals surface area contributed by atoms with E-state index in [2.05, 4.69) is 4.72 Å². The van der Waals surface area contributed by atoms with Crippen molar-refractivity contribution in [2.24, 2.45) is 0 Å². The van der Waals surface area contributed by atoms with Crippen molar-refractivity contribution in [3.05, 3.63) is 23.8 Å². The normalized spacial score (nSPS) is 12.3. The molecule has 3 N–H and O–H groups in total. The van der Waals surface area contributed by atoms with Gasteiger partial charge in [-0.3, -0.25) is 4.55 Å². The number of aryl methyl sites for hydroxylation is 1. The fourth-order valence-electron chi connectivity index (χ4n) is 2.20. The lowest BCUT2D eigenvalue weighted by molar-refractivity contribution is 0.373. The standard InChI is InChI=1S/C15H25NO4S/c1-20-15-12-13(9-10-14(15)17)8-6-4-2-3-5-7-11-16-21(18)19/h9-10,12,16-17H,2-8,11H2,1H3,(H,18,19). The Kier molecular flexibility index (Phi) is 9.05. The molecule has 0 fully saturated rings. The van der Waals surface area contributed by atoms with Crippen LogP contribution in [0.25, 0.3) is 0 Å². The molecule has 0 aliphatic rings. The van der Waals surface area contributed by atoms with Crippen molar-refractivity contribution in [3.63, 3.8) is 0 Å². The van der Waals surface area contributed by atoms with Crippen LogP contribution in [0.5, 0.6) is 11.5 Å². The predicted molar refractivity (Wildman–Crippen MR) is 84.8 cm³/mol. The van der Waals surface area contributed by atoms with E-state index < -0.39 is 11.3 Å². The van der Waals surface area contributed by atoms with Crippen LogP contribution in [0.4, 0.5) is 0 Å². The van der Waals surface area contributed by atoms with Gasteiger partial charge in [-0.1, -0.05) is 31.7 Å². The van der Waals surface area contributed by atoms with E-state index in [1.807, 2.05) is 12.1 Å². The summed E-state index contributed by atoms with van der Waals surface area (Å²) in [6.07, 6.45) is 7.62. The summed E-state index contributed by atoms with van der Waals surface area (Å²) in [5, 5.41) is 9.52. The van der Waals surface area contributed by atoms with Gasteiger partial charge in [-0.15, -0.1) is 0 Å². The molecule has 0 bridgehead atoms. The fourth-order valence-corrected chi connectivity index (χ4v) is 2.52. The molecule has 0 aliphatic carbocycles. The van der Waals surface area contributed by atoms with E-state index in [0.717, 1.165) is 32.1 Å². The number of phenolic OH excluding ortho intramolecular Hbond substituents is 1. The first-order valence-electron chi connectivity index (χ1n) is 7.33. The highest BCUT2D eigenvalue weighted by Crippen LogP contribution is 2.26. The largest absolute Gasteiger partial charge is 0.504 e. The first-order valence-corrected chi connectivity index (χ1v) is 8.44. The Morgan fingerprint density at radius 2 is 1.81 bits per heavy atom. The number of nitrogens with one attached hydrogen (secondary N) is 1. The third-order valence-electron chi connectivity index (χ3n) is 3.36. The molecule has 1 aromatic rings. The number of ether oxygens (including phenoxy) is 1. The summed E-state index contributed by atoms with van der Waals surface area (Å²) in [6.45, 7) is 0.594. The second kappa shape index (κ2) is 10.6. The maximum absolute atomic E-state index is 10.4. The first-order chi connectivity index (χ1) is 10.1. The van der Waals surface area contributed by atoms with Gasteiger partial charge in [0.05, 0.1) is 7.11 Å². The van der Waals surface area contributed by atoms with Gasteiger partial charge in [0.2, 0.25) is 11.3 Å². The lowest BCUT2D eigenvalue weighted by Crippen LogP contribution is -2.17. The molecule has 0 saturated carbocycles. The predicted octanol–water partition coefficient (Wildman–Crippen LogP) is 3.01. The minimum atomic E-state index is -1.88. The maximum Gasteiger partial charge on any atom is 0.231 e. The highest BCUT2D eigenvalue weighted by Gasteiger charge is 2.02. The van der Waals surface area contributed by atoms with Crippen molar-refractivity contribution in [1.29, 1.82) is 0 Å². The smallest absolute Gasteiger partial charge is 0.231 e. The van der Waals surface area contributed by atoms with Crippen molar-refractivity contribution in [1.82, 2.24) is 4.72 Å². The molecule has 6 heteroatoms. The Morgan fingerprint density at radius 1 is 1.14 bits per heavy atom. The Bertz CT molecular complexity index is 440. The maximum atomic E-state index is 10.4. The van der Waals surface area contributed by atoms with Crippen molar-refractivity contribution >= 4 is 11.3 Å². The molecule has 1 unspecified atom stereocenters. The molecular formula is C15H25NO4S. The van der Waals surface area contributed by atoms with Crippen LogP contribution < -0.4 is 9.46 Å². The molecule has 0 aromatic heterocycles. The summed E-state index contributed by atoms with van der Waals surface area (Å²) in [5.74, 6) is 0.708. The van der Waals surface area contributed by atoms with Crippen LogP contribution in [0.3, 0.4) is 0 Å². The van der Waals surface area contributed by atoms with Crippen LogP contribution in [0.15, 0.2) is 18.2 Å². The van der Waals surface area contributed by atoms with Gasteiger partial charge in [0.1, 0.15) is 0 Å². The third-order valence-corrected chi connectivity index (χ3v) is 3.81. The van der Waals surface area contributed by atoms with Crippen molar-refractivity contribution < 1.29 is 18.6 Å². The molecule has 5 nitrogen and oxygen atoms in total.